The predicted octanol–water partition coefficient (Wildman–Crippen LogP) is 4.27. The van der Waals surface area contributed by atoms with Crippen LogP contribution in [0.25, 0.3) is 0 Å². The van der Waals surface area contributed by atoms with Gasteiger partial charge in [-0.25, -0.2) is 0 Å². The molecule has 1 N–H and O–H groups in total. The number of hydrogen-bond acceptors (Lipinski definition) is 4. The lowest BCUT2D eigenvalue weighted by molar-refractivity contribution is -0.141. The van der Waals surface area contributed by atoms with E-state index in [2.05, 4.69) is 10.4 Å². The van der Waals surface area contributed by atoms with Crippen LogP contribution in [0.2, 0.25) is 5.02 Å². The van der Waals surface area contributed by atoms with Crippen LogP contribution < -0.4 is 14.8 Å². The fourth-order valence-electron chi connectivity index (χ4n) is 3.02. The summed E-state index contributed by atoms with van der Waals surface area (Å²) >= 11 is 5.95. The molecular weight excluding hydrogens is 411 g/mol. The van der Waals surface area contributed by atoms with Gasteiger partial charge in [-0.15, -0.1) is 0 Å². The molecular formula is C19H21ClF3N3O3. The number of hydrogen-bond donors (Lipinski definition) is 1. The van der Waals surface area contributed by atoms with Crippen molar-refractivity contribution < 1.29 is 27.4 Å². The molecule has 29 heavy (non-hydrogen) atoms. The fourth-order valence-corrected chi connectivity index (χ4v) is 3.42. The summed E-state index contributed by atoms with van der Waals surface area (Å²) in [5.41, 5.74) is -0.252. The maximum atomic E-state index is 13.1. The molecule has 1 aliphatic rings. The first kappa shape index (κ1) is 21.3. The van der Waals surface area contributed by atoms with E-state index in [4.69, 9.17) is 21.1 Å². The summed E-state index contributed by atoms with van der Waals surface area (Å²) in [6.07, 6.45) is -2.58. The molecule has 0 spiro atoms. The smallest absolute Gasteiger partial charge is 0.436 e. The van der Waals surface area contributed by atoms with Gasteiger partial charge in [0.25, 0.3) is 5.91 Å². The van der Waals surface area contributed by atoms with E-state index >= 15 is 0 Å². The molecule has 3 rings (SSSR count). The third-order valence-corrected chi connectivity index (χ3v) is 4.98. The number of alkyl halides is 3. The number of ether oxygens (including phenoxy) is 2. The molecule has 2 aromatic rings. The van der Waals surface area contributed by atoms with Crippen LogP contribution in [0.1, 0.15) is 46.9 Å². The molecule has 10 heteroatoms. The summed E-state index contributed by atoms with van der Waals surface area (Å²) in [6.45, 7) is 0.491. The van der Waals surface area contributed by atoms with Crippen LogP contribution in [0.5, 0.6) is 11.5 Å². The molecule has 0 aliphatic heterocycles. The topological polar surface area (TPSA) is 65.4 Å². The summed E-state index contributed by atoms with van der Waals surface area (Å²) in [6, 6.07) is 4.80. The van der Waals surface area contributed by atoms with E-state index in [0.717, 1.165) is 12.8 Å². The number of carbonyl (C=O) groups excluding carboxylic acids is 1. The van der Waals surface area contributed by atoms with E-state index < -0.39 is 11.9 Å². The number of rotatable bonds is 8. The first-order chi connectivity index (χ1) is 13.7. The molecule has 1 aromatic carbocycles. The number of halogens is 4. The van der Waals surface area contributed by atoms with Crippen LogP contribution >= 0.6 is 11.6 Å². The van der Waals surface area contributed by atoms with Gasteiger partial charge in [0.2, 0.25) is 0 Å². The summed E-state index contributed by atoms with van der Waals surface area (Å²) < 4.78 is 50.9. The van der Waals surface area contributed by atoms with E-state index in [9.17, 15) is 18.0 Å². The summed E-state index contributed by atoms with van der Waals surface area (Å²) in [4.78, 5) is 12.4. The Labute approximate surface area is 170 Å². The molecule has 1 aromatic heterocycles. The van der Waals surface area contributed by atoms with Crippen LogP contribution in [0.4, 0.5) is 13.2 Å². The standard InChI is InChI=1S/C19H21ClF3N3O3/c1-28-13-8-12(9-14(10-13)29-2)18(27)24-6-3-7-26-16(11-4-5-11)15(20)17(25-26)19(21,22)23/h8-11H,3-7H2,1-2H3,(H,24,27). The van der Waals surface area contributed by atoms with Gasteiger partial charge in [-0.1, -0.05) is 11.6 Å². The highest BCUT2D eigenvalue weighted by molar-refractivity contribution is 6.32. The third-order valence-electron chi connectivity index (χ3n) is 4.61. The van der Waals surface area contributed by atoms with E-state index in [1.54, 1.807) is 18.2 Å². The number of carbonyl (C=O) groups is 1. The van der Waals surface area contributed by atoms with Gasteiger partial charge in [0.1, 0.15) is 11.5 Å². The predicted molar refractivity (Wildman–Crippen MR) is 101 cm³/mol. The molecule has 0 bridgehead atoms. The molecule has 1 aliphatic carbocycles. The molecule has 0 saturated heterocycles. The number of methoxy groups -OCH3 is 2. The number of nitrogens with one attached hydrogen (secondary N) is 1. The highest BCUT2D eigenvalue weighted by Gasteiger charge is 2.41. The van der Waals surface area contributed by atoms with Crippen molar-refractivity contribution in [2.45, 2.75) is 37.9 Å². The first-order valence-corrected chi connectivity index (χ1v) is 9.47. The Morgan fingerprint density at radius 3 is 2.38 bits per heavy atom. The van der Waals surface area contributed by atoms with E-state index in [1.807, 2.05) is 0 Å². The summed E-state index contributed by atoms with van der Waals surface area (Å²) in [5.74, 6) is 0.646. The summed E-state index contributed by atoms with van der Waals surface area (Å²) in [5, 5.41) is 6.11. The second kappa shape index (κ2) is 8.52. The molecule has 158 valence electrons. The number of aryl methyl sites for hydroxylation is 1. The minimum atomic E-state index is -4.59. The number of aromatic nitrogens is 2. The van der Waals surface area contributed by atoms with Crippen molar-refractivity contribution in [2.24, 2.45) is 0 Å². The van der Waals surface area contributed by atoms with Gasteiger partial charge < -0.3 is 14.8 Å². The average Bonchev–Trinajstić information content (AvgIpc) is 3.46. The Bertz CT molecular complexity index is 873. The Morgan fingerprint density at radius 2 is 1.86 bits per heavy atom. The fraction of sp³-hybridized carbons (Fsp3) is 0.474. The van der Waals surface area contributed by atoms with E-state index in [0.29, 0.717) is 29.2 Å². The Balaban J connectivity index is 1.62. The van der Waals surface area contributed by atoms with Crippen molar-refractivity contribution in [3.63, 3.8) is 0 Å². The largest absolute Gasteiger partial charge is 0.497 e. The zero-order valence-electron chi connectivity index (χ0n) is 16.0. The minimum Gasteiger partial charge on any atom is -0.497 e. The number of amides is 1. The van der Waals surface area contributed by atoms with Crippen LogP contribution in [0, 0.1) is 0 Å². The Morgan fingerprint density at radius 1 is 1.24 bits per heavy atom. The Kier molecular flexibility index (Phi) is 6.26. The van der Waals surface area contributed by atoms with Crippen LogP contribution in [0.3, 0.4) is 0 Å². The van der Waals surface area contributed by atoms with Crippen LogP contribution in [0.15, 0.2) is 18.2 Å². The maximum absolute atomic E-state index is 13.1. The molecule has 0 atom stereocenters. The zero-order valence-corrected chi connectivity index (χ0v) is 16.7. The van der Waals surface area contributed by atoms with Gasteiger partial charge in [-0.2, -0.15) is 18.3 Å². The average molecular weight is 432 g/mol. The van der Waals surface area contributed by atoms with Gasteiger partial charge in [0.05, 0.1) is 24.9 Å². The van der Waals surface area contributed by atoms with Gasteiger partial charge in [0, 0.05) is 30.6 Å². The highest BCUT2D eigenvalue weighted by Crippen LogP contribution is 2.46. The van der Waals surface area contributed by atoms with E-state index in [-0.39, 0.29) is 29.9 Å². The monoisotopic (exact) mass is 431 g/mol. The molecule has 1 fully saturated rings. The van der Waals surface area contributed by atoms with Gasteiger partial charge in [-0.05, 0) is 31.4 Å². The SMILES string of the molecule is COc1cc(OC)cc(C(=O)NCCCn2nc(C(F)(F)F)c(Cl)c2C2CC2)c1. The van der Waals surface area contributed by atoms with Gasteiger partial charge in [0.15, 0.2) is 5.69 Å². The second-order valence-electron chi connectivity index (χ2n) is 6.75. The lowest BCUT2D eigenvalue weighted by Gasteiger charge is -2.10. The lowest BCUT2D eigenvalue weighted by Crippen LogP contribution is -2.25. The third kappa shape index (κ3) is 4.95. The van der Waals surface area contributed by atoms with Gasteiger partial charge >= 0.3 is 6.18 Å². The van der Waals surface area contributed by atoms with Crippen molar-refractivity contribution in [2.75, 3.05) is 20.8 Å². The number of nitrogens with zero attached hydrogens (tertiary/aromatic N) is 2. The molecule has 1 saturated carbocycles. The van der Waals surface area contributed by atoms with Crippen LogP contribution in [-0.4, -0.2) is 36.5 Å². The van der Waals surface area contributed by atoms with Crippen molar-refractivity contribution in [1.29, 1.82) is 0 Å². The van der Waals surface area contributed by atoms with E-state index in [1.165, 1.54) is 18.9 Å². The van der Waals surface area contributed by atoms with Crippen molar-refractivity contribution >= 4 is 17.5 Å². The Hall–Kier alpha value is -2.42. The zero-order chi connectivity index (χ0) is 21.2. The maximum Gasteiger partial charge on any atom is 0.436 e. The van der Waals surface area contributed by atoms with Crippen molar-refractivity contribution in [3.8, 4) is 11.5 Å². The second-order valence-corrected chi connectivity index (χ2v) is 7.13. The summed E-state index contributed by atoms with van der Waals surface area (Å²) in [7, 11) is 2.97. The molecule has 6 nitrogen and oxygen atoms in total. The van der Waals surface area contributed by atoms with Gasteiger partial charge in [-0.3, -0.25) is 9.48 Å². The molecule has 0 radical (unpaired) electrons. The van der Waals surface area contributed by atoms with Crippen LogP contribution in [-0.2, 0) is 12.7 Å². The molecule has 0 unspecified atom stereocenters. The number of benzene rings is 1. The van der Waals surface area contributed by atoms with Crippen molar-refractivity contribution in [1.82, 2.24) is 15.1 Å². The minimum absolute atomic E-state index is 0.0185. The molecule has 1 amide bonds. The normalized spacial score (nSPS) is 14.0. The highest BCUT2D eigenvalue weighted by atomic mass is 35.5. The lowest BCUT2D eigenvalue weighted by atomic mass is 10.2. The molecule has 1 heterocycles. The van der Waals surface area contributed by atoms with Crippen molar-refractivity contribution in [3.05, 3.63) is 40.2 Å². The first-order valence-electron chi connectivity index (χ1n) is 9.09. The quantitative estimate of drug-likeness (QED) is 0.634.